The van der Waals surface area contributed by atoms with E-state index in [1.165, 1.54) is 15.6 Å². The van der Waals surface area contributed by atoms with Gasteiger partial charge in [-0.15, -0.1) is 11.3 Å². The summed E-state index contributed by atoms with van der Waals surface area (Å²) in [6, 6.07) is 1.56. The summed E-state index contributed by atoms with van der Waals surface area (Å²) in [4.78, 5) is 2.24. The van der Waals surface area contributed by atoms with Gasteiger partial charge in [0.25, 0.3) is 10.0 Å². The maximum absolute atomic E-state index is 12.3. The lowest BCUT2D eigenvalue weighted by Gasteiger charge is -2.32. The summed E-state index contributed by atoms with van der Waals surface area (Å²) in [7, 11) is -3.37. The van der Waals surface area contributed by atoms with E-state index in [1.807, 2.05) is 0 Å². The van der Waals surface area contributed by atoms with Gasteiger partial charge in [-0.1, -0.05) is 6.92 Å². The first kappa shape index (κ1) is 14.0. The van der Waals surface area contributed by atoms with Crippen molar-refractivity contribution >= 4 is 21.4 Å². The first-order valence-corrected chi connectivity index (χ1v) is 8.30. The lowest BCUT2D eigenvalue weighted by atomic mass is 10.4. The number of sulfonamides is 1. The van der Waals surface area contributed by atoms with Crippen molar-refractivity contribution in [2.24, 2.45) is 0 Å². The predicted octanol–water partition coefficient (Wildman–Crippen LogP) is 0.567. The Hall–Kier alpha value is -0.470. The summed E-state index contributed by atoms with van der Waals surface area (Å²) >= 11 is 1.18. The fourth-order valence-electron chi connectivity index (χ4n) is 1.98. The van der Waals surface area contributed by atoms with Gasteiger partial charge in [0.05, 0.1) is 6.61 Å². The number of aliphatic hydroxyl groups excluding tert-OH is 1. The van der Waals surface area contributed by atoms with E-state index >= 15 is 0 Å². The van der Waals surface area contributed by atoms with Crippen LogP contribution in [0.25, 0.3) is 0 Å². The lowest BCUT2D eigenvalue weighted by molar-refractivity contribution is 0.196. The normalized spacial score (nSPS) is 19.2. The van der Waals surface area contributed by atoms with Crippen molar-refractivity contribution in [1.29, 1.82) is 0 Å². The molecule has 0 bridgehead atoms. The van der Waals surface area contributed by atoms with Crippen molar-refractivity contribution in [2.75, 3.05) is 32.7 Å². The van der Waals surface area contributed by atoms with Crippen LogP contribution in [0.5, 0.6) is 0 Å². The number of rotatable bonds is 4. The molecule has 2 rings (SSSR count). The third-order valence-electron chi connectivity index (χ3n) is 3.18. The SMILES string of the molecule is CCN1CCN(S(=O)(=O)c2cc(CO)cs2)CC1. The van der Waals surface area contributed by atoms with Crippen LogP contribution in [0.4, 0.5) is 0 Å². The van der Waals surface area contributed by atoms with Crippen LogP contribution in [0.2, 0.25) is 0 Å². The summed E-state index contributed by atoms with van der Waals surface area (Å²) in [6.45, 7) is 5.58. The molecule has 0 radical (unpaired) electrons. The van der Waals surface area contributed by atoms with Gasteiger partial charge in [0.2, 0.25) is 0 Å². The molecule has 1 N–H and O–H groups in total. The van der Waals surface area contributed by atoms with Crippen molar-refractivity contribution in [3.05, 3.63) is 17.0 Å². The van der Waals surface area contributed by atoms with Gasteiger partial charge in [-0.25, -0.2) is 8.42 Å². The number of thiophene rings is 1. The highest BCUT2D eigenvalue weighted by molar-refractivity contribution is 7.91. The summed E-state index contributed by atoms with van der Waals surface area (Å²) in [5.74, 6) is 0. The molecule has 1 aromatic rings. The number of hydrogen-bond acceptors (Lipinski definition) is 5. The van der Waals surface area contributed by atoms with Gasteiger partial charge >= 0.3 is 0 Å². The summed E-state index contributed by atoms with van der Waals surface area (Å²) in [6.07, 6.45) is 0. The van der Waals surface area contributed by atoms with Gasteiger partial charge in [0, 0.05) is 26.2 Å². The Kier molecular flexibility index (Phi) is 4.39. The Morgan fingerprint density at radius 3 is 2.50 bits per heavy atom. The highest BCUT2D eigenvalue weighted by Crippen LogP contribution is 2.24. The van der Waals surface area contributed by atoms with Crippen LogP contribution in [0, 0.1) is 0 Å². The van der Waals surface area contributed by atoms with Crippen LogP contribution in [0.1, 0.15) is 12.5 Å². The lowest BCUT2D eigenvalue weighted by Crippen LogP contribution is -2.48. The van der Waals surface area contributed by atoms with E-state index in [2.05, 4.69) is 11.8 Å². The van der Waals surface area contributed by atoms with Gasteiger partial charge in [-0.05, 0) is 23.6 Å². The molecule has 0 unspecified atom stereocenters. The molecule has 0 aromatic carbocycles. The molecule has 0 spiro atoms. The van der Waals surface area contributed by atoms with Crippen LogP contribution in [0.3, 0.4) is 0 Å². The Morgan fingerprint density at radius 2 is 2.00 bits per heavy atom. The number of nitrogens with zero attached hydrogens (tertiary/aromatic N) is 2. The summed E-state index contributed by atoms with van der Waals surface area (Å²) in [5.41, 5.74) is 0.658. The van der Waals surface area contributed by atoms with Gasteiger partial charge in [0.1, 0.15) is 4.21 Å². The molecule has 0 amide bonds. The van der Waals surface area contributed by atoms with Crippen LogP contribution in [0.15, 0.2) is 15.7 Å². The van der Waals surface area contributed by atoms with Crippen LogP contribution < -0.4 is 0 Å². The van der Waals surface area contributed by atoms with E-state index in [1.54, 1.807) is 11.4 Å². The smallest absolute Gasteiger partial charge is 0.252 e. The van der Waals surface area contributed by atoms with E-state index in [4.69, 9.17) is 5.11 Å². The molecule has 2 heterocycles. The van der Waals surface area contributed by atoms with Crippen molar-refractivity contribution in [2.45, 2.75) is 17.7 Å². The Morgan fingerprint density at radius 1 is 1.33 bits per heavy atom. The minimum atomic E-state index is -3.37. The topological polar surface area (TPSA) is 60.9 Å². The third kappa shape index (κ3) is 2.75. The molecule has 5 nitrogen and oxygen atoms in total. The molecule has 1 aromatic heterocycles. The average molecular weight is 290 g/mol. The standard InChI is InChI=1S/C11H18N2O3S2/c1-2-12-3-5-13(6-4-12)18(15,16)11-7-10(8-14)9-17-11/h7,9,14H,2-6,8H2,1H3. The highest BCUT2D eigenvalue weighted by Gasteiger charge is 2.29. The molecule has 0 aliphatic carbocycles. The van der Waals surface area contributed by atoms with Crippen molar-refractivity contribution in [3.8, 4) is 0 Å². The van der Waals surface area contributed by atoms with E-state index in [9.17, 15) is 8.42 Å². The Balaban J connectivity index is 2.12. The highest BCUT2D eigenvalue weighted by atomic mass is 32.2. The van der Waals surface area contributed by atoms with Crippen LogP contribution in [-0.4, -0.2) is 55.5 Å². The molecule has 1 aliphatic rings. The second-order valence-corrected chi connectivity index (χ2v) is 7.35. The zero-order valence-corrected chi connectivity index (χ0v) is 12.0. The van der Waals surface area contributed by atoms with Crippen molar-refractivity contribution in [3.63, 3.8) is 0 Å². The fourth-order valence-corrected chi connectivity index (χ4v) is 4.76. The zero-order valence-electron chi connectivity index (χ0n) is 10.4. The van der Waals surface area contributed by atoms with Crippen LogP contribution >= 0.6 is 11.3 Å². The van der Waals surface area contributed by atoms with Gasteiger partial charge in [-0.3, -0.25) is 0 Å². The average Bonchev–Trinajstić information content (AvgIpc) is 2.88. The molecule has 1 saturated heterocycles. The molecule has 102 valence electrons. The molecular formula is C11H18N2O3S2. The maximum atomic E-state index is 12.3. The Bertz CT molecular complexity index is 490. The molecule has 1 aliphatic heterocycles. The monoisotopic (exact) mass is 290 g/mol. The maximum Gasteiger partial charge on any atom is 0.252 e. The van der Waals surface area contributed by atoms with Gasteiger partial charge in [0.15, 0.2) is 0 Å². The van der Waals surface area contributed by atoms with Crippen molar-refractivity contribution < 1.29 is 13.5 Å². The second-order valence-electron chi connectivity index (χ2n) is 4.27. The number of aliphatic hydroxyl groups is 1. The molecule has 1 fully saturated rings. The second kappa shape index (κ2) is 5.66. The first-order chi connectivity index (χ1) is 8.57. The quantitative estimate of drug-likeness (QED) is 0.880. The minimum absolute atomic E-state index is 0.115. The van der Waals surface area contributed by atoms with Gasteiger partial charge in [-0.2, -0.15) is 4.31 Å². The molecule has 7 heteroatoms. The number of likely N-dealkylation sites (N-methyl/N-ethyl adjacent to an activating group) is 1. The largest absolute Gasteiger partial charge is 0.392 e. The first-order valence-electron chi connectivity index (χ1n) is 5.98. The number of piperazine rings is 1. The van der Waals surface area contributed by atoms with Crippen LogP contribution in [-0.2, 0) is 16.6 Å². The summed E-state index contributed by atoms with van der Waals surface area (Å²) in [5, 5.41) is 10.7. The molecule has 18 heavy (non-hydrogen) atoms. The fraction of sp³-hybridized carbons (Fsp3) is 0.636. The number of hydrogen-bond donors (Lipinski definition) is 1. The van der Waals surface area contributed by atoms with E-state index < -0.39 is 10.0 Å². The Labute approximate surface area is 112 Å². The zero-order chi connectivity index (χ0) is 13.2. The third-order valence-corrected chi connectivity index (χ3v) is 6.55. The van der Waals surface area contributed by atoms with Crippen molar-refractivity contribution in [1.82, 2.24) is 9.21 Å². The van der Waals surface area contributed by atoms with E-state index in [0.717, 1.165) is 19.6 Å². The van der Waals surface area contributed by atoms with Gasteiger partial charge < -0.3 is 10.0 Å². The minimum Gasteiger partial charge on any atom is -0.392 e. The molecular weight excluding hydrogens is 272 g/mol. The molecule has 0 saturated carbocycles. The summed E-state index contributed by atoms with van der Waals surface area (Å²) < 4.78 is 26.6. The van der Waals surface area contributed by atoms with E-state index in [-0.39, 0.29) is 6.61 Å². The predicted molar refractivity (Wildman–Crippen MR) is 71.1 cm³/mol. The molecule has 0 atom stereocenters. The van der Waals surface area contributed by atoms with E-state index in [0.29, 0.717) is 22.9 Å².